The molecule has 100 valence electrons. The minimum atomic E-state index is 0.411. The van der Waals surface area contributed by atoms with Crippen LogP contribution in [0.5, 0.6) is 0 Å². The van der Waals surface area contributed by atoms with Gasteiger partial charge in [0.25, 0.3) is 0 Å². The maximum Gasteiger partial charge on any atom is 0.0711 e. The molecule has 0 saturated carbocycles. The Labute approximate surface area is 113 Å². The van der Waals surface area contributed by atoms with Gasteiger partial charge in [0.2, 0.25) is 0 Å². The summed E-state index contributed by atoms with van der Waals surface area (Å²) in [4.78, 5) is 2.38. The van der Waals surface area contributed by atoms with Gasteiger partial charge in [-0.05, 0) is 37.6 Å². The zero-order valence-corrected chi connectivity index (χ0v) is 11.1. The first kappa shape index (κ1) is 12.3. The third-order valence-electron chi connectivity index (χ3n) is 3.93. The van der Waals surface area contributed by atoms with Gasteiger partial charge in [0, 0.05) is 12.6 Å². The number of hydrogen-bond acceptors (Lipinski definition) is 4. The van der Waals surface area contributed by atoms with Crippen LogP contribution in [0.15, 0.2) is 36.7 Å². The van der Waals surface area contributed by atoms with Crippen molar-refractivity contribution in [3.63, 3.8) is 0 Å². The molecule has 0 spiro atoms. The van der Waals surface area contributed by atoms with Gasteiger partial charge in [-0.25, -0.2) is 4.68 Å². The van der Waals surface area contributed by atoms with Gasteiger partial charge >= 0.3 is 0 Å². The third-order valence-corrected chi connectivity index (χ3v) is 3.93. The van der Waals surface area contributed by atoms with Gasteiger partial charge in [-0.15, -0.1) is 5.10 Å². The van der Waals surface area contributed by atoms with E-state index in [2.05, 4.69) is 40.5 Å². The fraction of sp³-hybridized carbons (Fsp3) is 0.429. The van der Waals surface area contributed by atoms with E-state index in [1.54, 1.807) is 6.20 Å². The van der Waals surface area contributed by atoms with Crippen LogP contribution in [0.4, 0.5) is 0 Å². The topological polar surface area (TPSA) is 60.0 Å². The maximum absolute atomic E-state index is 5.81. The third kappa shape index (κ3) is 2.27. The quantitative estimate of drug-likeness (QED) is 0.898. The van der Waals surface area contributed by atoms with Crippen LogP contribution in [0.1, 0.15) is 18.0 Å². The molecule has 0 amide bonds. The summed E-state index contributed by atoms with van der Waals surface area (Å²) < 4.78 is 1.83. The Kier molecular flexibility index (Phi) is 3.31. The molecule has 5 nitrogen and oxygen atoms in total. The Morgan fingerprint density at radius 3 is 2.89 bits per heavy atom. The van der Waals surface area contributed by atoms with Crippen molar-refractivity contribution in [2.45, 2.75) is 12.5 Å². The normalized spacial score (nSPS) is 23.9. The summed E-state index contributed by atoms with van der Waals surface area (Å²) in [5.41, 5.74) is 8.22. The molecule has 2 unspecified atom stereocenters. The largest absolute Gasteiger partial charge is 0.330 e. The minimum Gasteiger partial charge on any atom is -0.330 e. The highest BCUT2D eigenvalue weighted by Gasteiger charge is 2.31. The molecule has 3 rings (SSSR count). The van der Waals surface area contributed by atoms with Crippen LogP contribution in [0.2, 0.25) is 0 Å². The Balaban J connectivity index is 1.97. The van der Waals surface area contributed by atoms with Crippen molar-refractivity contribution >= 4 is 0 Å². The summed E-state index contributed by atoms with van der Waals surface area (Å²) in [5, 5.41) is 8.00. The van der Waals surface area contributed by atoms with Gasteiger partial charge in [-0.2, -0.15) is 0 Å². The van der Waals surface area contributed by atoms with E-state index < -0.39 is 0 Å². The first-order valence-electron chi connectivity index (χ1n) is 6.65. The molecule has 0 bridgehead atoms. The number of para-hydroxylation sites is 1. The predicted octanol–water partition coefficient (Wildman–Crippen LogP) is 1.22. The van der Waals surface area contributed by atoms with E-state index >= 15 is 0 Å². The van der Waals surface area contributed by atoms with Crippen LogP contribution >= 0.6 is 0 Å². The van der Waals surface area contributed by atoms with Crippen molar-refractivity contribution in [2.24, 2.45) is 11.7 Å². The minimum absolute atomic E-state index is 0.411. The van der Waals surface area contributed by atoms with E-state index in [1.165, 1.54) is 5.56 Å². The Bertz CT molecular complexity index is 537. The molecule has 19 heavy (non-hydrogen) atoms. The SMILES string of the molecule is CN1CC(CN)CC1c1ccccc1-n1ccnn1. The van der Waals surface area contributed by atoms with Crippen molar-refractivity contribution in [3.8, 4) is 5.69 Å². The zero-order valence-electron chi connectivity index (χ0n) is 11.1. The number of nitrogens with zero attached hydrogens (tertiary/aromatic N) is 4. The first-order valence-corrected chi connectivity index (χ1v) is 6.65. The summed E-state index contributed by atoms with van der Waals surface area (Å²) in [6.07, 6.45) is 4.70. The summed E-state index contributed by atoms with van der Waals surface area (Å²) in [6.45, 7) is 1.82. The van der Waals surface area contributed by atoms with Crippen molar-refractivity contribution in [2.75, 3.05) is 20.1 Å². The standard InChI is InChI=1S/C14H19N5/c1-18-10-11(9-15)8-14(18)12-4-2-3-5-13(12)19-7-6-16-17-19/h2-7,11,14H,8-10,15H2,1H3. The highest BCUT2D eigenvalue weighted by Crippen LogP contribution is 2.36. The summed E-state index contributed by atoms with van der Waals surface area (Å²) in [5.74, 6) is 0.582. The monoisotopic (exact) mass is 257 g/mol. The van der Waals surface area contributed by atoms with Crippen molar-refractivity contribution < 1.29 is 0 Å². The highest BCUT2D eigenvalue weighted by molar-refractivity contribution is 5.42. The van der Waals surface area contributed by atoms with Crippen LogP contribution in [0, 0.1) is 5.92 Å². The van der Waals surface area contributed by atoms with Crippen LogP contribution in [0.3, 0.4) is 0 Å². The summed E-state index contributed by atoms with van der Waals surface area (Å²) >= 11 is 0. The second-order valence-corrected chi connectivity index (χ2v) is 5.20. The van der Waals surface area contributed by atoms with E-state index in [-0.39, 0.29) is 0 Å². The smallest absolute Gasteiger partial charge is 0.0711 e. The molecule has 0 radical (unpaired) electrons. The molecule has 2 atom stereocenters. The van der Waals surface area contributed by atoms with Gasteiger partial charge in [0.15, 0.2) is 0 Å². The molecule has 2 heterocycles. The van der Waals surface area contributed by atoms with Crippen molar-refractivity contribution in [1.82, 2.24) is 19.9 Å². The molecule has 5 heteroatoms. The average molecular weight is 257 g/mol. The first-order chi connectivity index (χ1) is 9.29. The van der Waals surface area contributed by atoms with E-state index in [4.69, 9.17) is 5.73 Å². The Morgan fingerprint density at radius 1 is 1.37 bits per heavy atom. The van der Waals surface area contributed by atoms with Gasteiger partial charge in [-0.3, -0.25) is 4.90 Å². The predicted molar refractivity (Wildman–Crippen MR) is 73.9 cm³/mol. The maximum atomic E-state index is 5.81. The molecule has 1 fully saturated rings. The lowest BCUT2D eigenvalue weighted by Crippen LogP contribution is -2.21. The number of hydrogen-bond donors (Lipinski definition) is 1. The van der Waals surface area contributed by atoms with Crippen LogP contribution in [-0.4, -0.2) is 40.0 Å². The van der Waals surface area contributed by atoms with Crippen molar-refractivity contribution in [3.05, 3.63) is 42.2 Å². The number of rotatable bonds is 3. The lowest BCUT2D eigenvalue weighted by Gasteiger charge is -2.22. The molecule has 1 aromatic heterocycles. The van der Waals surface area contributed by atoms with Gasteiger partial charge in [0.05, 0.1) is 18.1 Å². The Hall–Kier alpha value is -1.72. The molecule has 1 aliphatic heterocycles. The lowest BCUT2D eigenvalue weighted by atomic mass is 9.98. The van der Waals surface area contributed by atoms with Gasteiger partial charge in [-0.1, -0.05) is 23.4 Å². The summed E-state index contributed by atoms with van der Waals surface area (Å²) in [6, 6.07) is 8.80. The van der Waals surface area contributed by atoms with Crippen LogP contribution in [0.25, 0.3) is 5.69 Å². The molecular formula is C14H19N5. The molecule has 0 aliphatic carbocycles. The number of benzene rings is 1. The zero-order chi connectivity index (χ0) is 13.2. The molecule has 1 aliphatic rings. The number of likely N-dealkylation sites (tertiary alicyclic amines) is 1. The molecule has 2 aromatic rings. The van der Waals surface area contributed by atoms with Gasteiger partial charge in [0.1, 0.15) is 0 Å². The second-order valence-electron chi connectivity index (χ2n) is 5.20. The molecular weight excluding hydrogens is 238 g/mol. The number of nitrogens with two attached hydrogens (primary N) is 1. The average Bonchev–Trinajstić information content (AvgIpc) is 3.08. The van der Waals surface area contributed by atoms with E-state index in [0.717, 1.165) is 25.2 Å². The fourth-order valence-electron chi connectivity index (χ4n) is 2.95. The van der Waals surface area contributed by atoms with Gasteiger partial charge < -0.3 is 5.73 Å². The number of aromatic nitrogens is 3. The lowest BCUT2D eigenvalue weighted by molar-refractivity contribution is 0.313. The van der Waals surface area contributed by atoms with Crippen molar-refractivity contribution in [1.29, 1.82) is 0 Å². The Morgan fingerprint density at radius 2 is 2.21 bits per heavy atom. The molecule has 1 saturated heterocycles. The van der Waals surface area contributed by atoms with E-state index in [1.807, 2.05) is 16.9 Å². The van der Waals surface area contributed by atoms with Crippen LogP contribution < -0.4 is 5.73 Å². The molecule has 2 N–H and O–H groups in total. The van der Waals surface area contributed by atoms with E-state index in [0.29, 0.717) is 12.0 Å². The second kappa shape index (κ2) is 5.11. The van der Waals surface area contributed by atoms with E-state index in [9.17, 15) is 0 Å². The van der Waals surface area contributed by atoms with Crippen LogP contribution in [-0.2, 0) is 0 Å². The highest BCUT2D eigenvalue weighted by atomic mass is 15.4. The summed E-state index contributed by atoms with van der Waals surface area (Å²) in [7, 11) is 2.17. The fourth-order valence-corrected chi connectivity index (χ4v) is 2.95. The molecule has 1 aromatic carbocycles.